The van der Waals surface area contributed by atoms with Gasteiger partial charge in [-0.25, -0.2) is 4.98 Å². The van der Waals surface area contributed by atoms with Crippen molar-refractivity contribution in [2.45, 2.75) is 65.0 Å². The Morgan fingerprint density at radius 2 is 1.91 bits per heavy atom. The predicted octanol–water partition coefficient (Wildman–Crippen LogP) is 5.32. The van der Waals surface area contributed by atoms with Gasteiger partial charge < -0.3 is 9.47 Å². The molecule has 0 radical (unpaired) electrons. The molecule has 3 heterocycles. The van der Waals surface area contributed by atoms with Crippen LogP contribution in [0.1, 0.15) is 63.3 Å². The molecule has 178 valence electrons. The standard InChI is InChI=1S/C28H32N2O4/c1-17(2)14-15-33-20-10-7-9-19(16-20)25-24-26(31)21-11-4-5-12-22(21)34-27(24)28(32)30(25)23-13-6-8-18(3)29-23/h6-10,13,16-17,21-22,25H,4-5,11-12,14-15H2,1-3H3. The number of hydrogen-bond acceptors (Lipinski definition) is 5. The molecule has 3 aliphatic rings. The molecule has 6 heteroatoms. The summed E-state index contributed by atoms with van der Waals surface area (Å²) in [5.41, 5.74) is 2.10. The van der Waals surface area contributed by atoms with Crippen LogP contribution in [0.25, 0.3) is 0 Å². The van der Waals surface area contributed by atoms with Crippen LogP contribution in [0.2, 0.25) is 0 Å². The highest BCUT2D eigenvalue weighted by atomic mass is 16.5. The van der Waals surface area contributed by atoms with Crippen LogP contribution in [-0.4, -0.2) is 29.4 Å². The van der Waals surface area contributed by atoms with Gasteiger partial charge in [0.05, 0.1) is 24.1 Å². The second kappa shape index (κ2) is 9.24. The topological polar surface area (TPSA) is 68.7 Å². The van der Waals surface area contributed by atoms with E-state index in [9.17, 15) is 9.59 Å². The van der Waals surface area contributed by atoms with Crippen molar-refractivity contribution >= 4 is 17.5 Å². The van der Waals surface area contributed by atoms with Gasteiger partial charge in [0.25, 0.3) is 5.91 Å². The van der Waals surface area contributed by atoms with Crippen molar-refractivity contribution in [3.63, 3.8) is 0 Å². The Kier molecular flexibility index (Phi) is 6.15. The summed E-state index contributed by atoms with van der Waals surface area (Å²) in [5.74, 6) is 1.58. The molecular formula is C28H32N2O4. The number of anilines is 1. The largest absolute Gasteiger partial charge is 0.494 e. The number of ketones is 1. The van der Waals surface area contributed by atoms with Crippen molar-refractivity contribution in [1.29, 1.82) is 0 Å². The molecule has 1 aromatic carbocycles. The Morgan fingerprint density at radius 3 is 2.71 bits per heavy atom. The SMILES string of the molecule is Cc1cccc(N2C(=O)C3=C(C(=O)C4CCCCC4O3)C2c2cccc(OCCC(C)C)c2)n1. The van der Waals surface area contributed by atoms with Crippen LogP contribution in [0.4, 0.5) is 5.82 Å². The molecule has 2 aromatic rings. The summed E-state index contributed by atoms with van der Waals surface area (Å²) in [6, 6.07) is 12.7. The van der Waals surface area contributed by atoms with Gasteiger partial charge in [0.2, 0.25) is 0 Å². The van der Waals surface area contributed by atoms with Crippen molar-refractivity contribution in [2.75, 3.05) is 11.5 Å². The van der Waals surface area contributed by atoms with Gasteiger partial charge >= 0.3 is 0 Å². The number of fused-ring (bicyclic) bond motifs is 1. The smallest absolute Gasteiger partial charge is 0.295 e. The number of ether oxygens (including phenoxy) is 2. The number of Topliss-reactive ketones (excluding diaryl/α,β-unsaturated/α-hetero) is 1. The van der Waals surface area contributed by atoms with E-state index in [4.69, 9.17) is 9.47 Å². The Morgan fingerprint density at radius 1 is 1.12 bits per heavy atom. The maximum absolute atomic E-state index is 13.8. The van der Waals surface area contributed by atoms with Crippen molar-refractivity contribution in [3.05, 3.63) is 65.1 Å². The molecular weight excluding hydrogens is 428 g/mol. The lowest BCUT2D eigenvalue weighted by Crippen LogP contribution is -2.39. The van der Waals surface area contributed by atoms with Crippen molar-refractivity contribution < 1.29 is 19.1 Å². The van der Waals surface area contributed by atoms with Gasteiger partial charge in [-0.05, 0) is 68.4 Å². The molecule has 5 rings (SSSR count). The third-order valence-corrected chi connectivity index (χ3v) is 7.02. The fraction of sp³-hybridized carbons (Fsp3) is 0.464. The van der Waals surface area contributed by atoms with Crippen molar-refractivity contribution in [3.8, 4) is 5.75 Å². The maximum atomic E-state index is 13.8. The predicted molar refractivity (Wildman–Crippen MR) is 129 cm³/mol. The first kappa shape index (κ1) is 22.6. The highest BCUT2D eigenvalue weighted by molar-refractivity contribution is 6.17. The van der Waals surface area contributed by atoms with Gasteiger partial charge in [0.15, 0.2) is 11.5 Å². The van der Waals surface area contributed by atoms with Gasteiger partial charge in [0.1, 0.15) is 17.7 Å². The molecule has 3 unspecified atom stereocenters. The van der Waals surface area contributed by atoms with Crippen LogP contribution in [0.15, 0.2) is 53.8 Å². The van der Waals surface area contributed by atoms with Gasteiger partial charge in [-0.2, -0.15) is 0 Å². The summed E-state index contributed by atoms with van der Waals surface area (Å²) in [7, 11) is 0. The highest BCUT2D eigenvalue weighted by Gasteiger charge is 2.52. The van der Waals surface area contributed by atoms with E-state index < -0.39 is 6.04 Å². The zero-order chi connectivity index (χ0) is 23.8. The first-order valence-corrected chi connectivity index (χ1v) is 12.4. The van der Waals surface area contributed by atoms with Crippen molar-refractivity contribution in [2.24, 2.45) is 11.8 Å². The number of pyridine rings is 1. The number of carbonyl (C=O) groups excluding carboxylic acids is 2. The summed E-state index contributed by atoms with van der Waals surface area (Å²) in [6.07, 6.45) is 4.40. The molecule has 0 N–H and O–H groups in total. The molecule has 0 bridgehead atoms. The number of amides is 1. The van der Waals surface area contributed by atoms with Crippen molar-refractivity contribution in [1.82, 2.24) is 4.98 Å². The normalized spacial score (nSPS) is 24.2. The average Bonchev–Trinajstić information content (AvgIpc) is 3.12. The van der Waals surface area contributed by atoms with Gasteiger partial charge in [-0.15, -0.1) is 0 Å². The quantitative estimate of drug-likeness (QED) is 0.584. The molecule has 3 atom stereocenters. The van der Waals surface area contributed by atoms with E-state index >= 15 is 0 Å². The summed E-state index contributed by atoms with van der Waals surface area (Å²) in [5, 5.41) is 0. The second-order valence-electron chi connectivity index (χ2n) is 9.97. The second-order valence-corrected chi connectivity index (χ2v) is 9.97. The molecule has 1 aliphatic carbocycles. The Bertz CT molecular complexity index is 1140. The molecule has 1 aromatic heterocycles. The number of aromatic nitrogens is 1. The number of hydrogen-bond donors (Lipinski definition) is 0. The van der Waals surface area contributed by atoms with E-state index in [2.05, 4.69) is 18.8 Å². The number of nitrogens with zero attached hydrogens (tertiary/aromatic N) is 2. The fourth-order valence-corrected chi connectivity index (χ4v) is 5.25. The fourth-order valence-electron chi connectivity index (χ4n) is 5.25. The molecule has 0 saturated heterocycles. The van der Waals surface area contributed by atoms with Crippen LogP contribution < -0.4 is 9.64 Å². The molecule has 34 heavy (non-hydrogen) atoms. The molecule has 6 nitrogen and oxygen atoms in total. The Balaban J connectivity index is 1.57. The molecule has 2 aliphatic heterocycles. The molecule has 1 saturated carbocycles. The lowest BCUT2D eigenvalue weighted by molar-refractivity contribution is -0.131. The van der Waals surface area contributed by atoms with E-state index in [-0.39, 0.29) is 29.5 Å². The highest BCUT2D eigenvalue weighted by Crippen LogP contribution is 2.48. The summed E-state index contributed by atoms with van der Waals surface area (Å²) in [4.78, 5) is 33.7. The lowest BCUT2D eigenvalue weighted by Gasteiger charge is -2.35. The minimum atomic E-state index is -0.583. The third-order valence-electron chi connectivity index (χ3n) is 7.02. The number of rotatable bonds is 6. The summed E-state index contributed by atoms with van der Waals surface area (Å²) >= 11 is 0. The van der Waals surface area contributed by atoms with Gasteiger partial charge in [-0.1, -0.05) is 38.5 Å². The first-order chi connectivity index (χ1) is 16.4. The van der Waals surface area contributed by atoms with E-state index in [0.29, 0.717) is 23.9 Å². The van der Waals surface area contributed by atoms with E-state index in [1.165, 1.54) is 0 Å². The van der Waals surface area contributed by atoms with Gasteiger partial charge in [-0.3, -0.25) is 14.5 Å². The molecule has 0 spiro atoms. The first-order valence-electron chi connectivity index (χ1n) is 12.4. The van der Waals surface area contributed by atoms with Crippen LogP contribution in [-0.2, 0) is 14.3 Å². The van der Waals surface area contributed by atoms with Gasteiger partial charge in [0, 0.05) is 5.69 Å². The number of benzene rings is 1. The number of aryl methyl sites for hydroxylation is 1. The molecule has 1 amide bonds. The zero-order valence-electron chi connectivity index (χ0n) is 20.1. The summed E-state index contributed by atoms with van der Waals surface area (Å²) < 4.78 is 12.3. The monoisotopic (exact) mass is 460 g/mol. The minimum Gasteiger partial charge on any atom is -0.494 e. The minimum absolute atomic E-state index is 0.0468. The average molecular weight is 461 g/mol. The maximum Gasteiger partial charge on any atom is 0.295 e. The molecule has 1 fully saturated rings. The van der Waals surface area contributed by atoms with E-state index in [0.717, 1.165) is 49.1 Å². The van der Waals surface area contributed by atoms with Crippen LogP contribution >= 0.6 is 0 Å². The van der Waals surface area contributed by atoms with Crippen LogP contribution in [0.3, 0.4) is 0 Å². The van der Waals surface area contributed by atoms with Crippen LogP contribution in [0, 0.1) is 18.8 Å². The lowest BCUT2D eigenvalue weighted by atomic mass is 9.77. The van der Waals surface area contributed by atoms with E-state index in [1.807, 2.05) is 49.4 Å². The Labute approximate surface area is 201 Å². The zero-order valence-corrected chi connectivity index (χ0v) is 20.1. The number of carbonyl (C=O) groups is 2. The van der Waals surface area contributed by atoms with Crippen LogP contribution in [0.5, 0.6) is 5.75 Å². The third kappa shape index (κ3) is 4.10. The van der Waals surface area contributed by atoms with E-state index in [1.54, 1.807) is 4.90 Å². The summed E-state index contributed by atoms with van der Waals surface area (Å²) in [6.45, 7) is 6.84. The Hall–Kier alpha value is -3.15.